The number of likely N-dealkylation sites (tertiary alicyclic amines) is 1. The number of halogens is 1. The smallest absolute Gasteiger partial charge is 0.227 e. The van der Waals surface area contributed by atoms with Gasteiger partial charge in [0.2, 0.25) is 5.91 Å². The third-order valence-electron chi connectivity index (χ3n) is 5.39. The molecular weight excluding hydrogens is 467 g/mol. The van der Waals surface area contributed by atoms with Crippen LogP contribution in [0.2, 0.25) is 0 Å². The van der Waals surface area contributed by atoms with E-state index in [4.69, 9.17) is 4.74 Å². The second-order valence-corrected chi connectivity index (χ2v) is 7.26. The summed E-state index contributed by atoms with van der Waals surface area (Å²) in [6.45, 7) is 7.22. The molecule has 7 heteroatoms. The molecule has 1 N–H and O–H groups in total. The Morgan fingerprint density at radius 2 is 2.14 bits per heavy atom. The highest BCUT2D eigenvalue weighted by molar-refractivity contribution is 14.0. The molecule has 1 unspecified atom stereocenters. The third-order valence-corrected chi connectivity index (χ3v) is 5.39. The number of fused-ring (bicyclic) bond motifs is 1. The summed E-state index contributed by atoms with van der Waals surface area (Å²) in [5, 5.41) is 3.42. The Morgan fingerprint density at radius 1 is 1.32 bits per heavy atom. The molecule has 0 aliphatic carbocycles. The lowest BCUT2D eigenvalue weighted by Gasteiger charge is -2.22. The van der Waals surface area contributed by atoms with E-state index < -0.39 is 0 Å². The van der Waals surface area contributed by atoms with Gasteiger partial charge in [-0.15, -0.1) is 24.0 Å². The number of ether oxygens (including phenoxy) is 1. The van der Waals surface area contributed by atoms with Gasteiger partial charge in [0.15, 0.2) is 5.96 Å². The van der Waals surface area contributed by atoms with Crippen LogP contribution in [0.4, 0.5) is 5.69 Å². The van der Waals surface area contributed by atoms with Crippen molar-refractivity contribution < 1.29 is 9.53 Å². The highest BCUT2D eigenvalue weighted by Crippen LogP contribution is 2.28. The van der Waals surface area contributed by atoms with Gasteiger partial charge >= 0.3 is 0 Å². The van der Waals surface area contributed by atoms with Crippen molar-refractivity contribution in [1.29, 1.82) is 0 Å². The van der Waals surface area contributed by atoms with E-state index in [0.29, 0.717) is 12.3 Å². The molecule has 1 amide bonds. The number of nitrogens with zero attached hydrogens (tertiary/aromatic N) is 3. The summed E-state index contributed by atoms with van der Waals surface area (Å²) in [7, 11) is 1.82. The summed E-state index contributed by atoms with van der Waals surface area (Å²) in [4.78, 5) is 21.2. The van der Waals surface area contributed by atoms with Gasteiger partial charge in [0.25, 0.3) is 0 Å². The quantitative estimate of drug-likeness (QED) is 0.271. The average molecular weight is 500 g/mol. The molecule has 1 atom stereocenters. The minimum atomic E-state index is 0. The number of benzene rings is 1. The molecule has 2 heterocycles. The number of hydrogen-bond donors (Lipinski definition) is 1. The van der Waals surface area contributed by atoms with Gasteiger partial charge in [0.1, 0.15) is 0 Å². The maximum atomic E-state index is 12.6. The Balaban J connectivity index is 0.00000280. The van der Waals surface area contributed by atoms with E-state index in [0.717, 1.165) is 70.3 Å². The van der Waals surface area contributed by atoms with Gasteiger partial charge in [-0.1, -0.05) is 18.2 Å². The largest absolute Gasteiger partial charge is 0.381 e. The molecule has 2 aliphatic rings. The fraction of sp³-hybridized carbons (Fsp3) is 0.619. The van der Waals surface area contributed by atoms with E-state index in [1.54, 1.807) is 0 Å². The fourth-order valence-corrected chi connectivity index (χ4v) is 3.95. The van der Waals surface area contributed by atoms with E-state index in [2.05, 4.69) is 21.3 Å². The van der Waals surface area contributed by atoms with Crippen LogP contribution in [0.15, 0.2) is 29.3 Å². The Kier molecular flexibility index (Phi) is 9.50. The first-order chi connectivity index (χ1) is 13.2. The zero-order chi connectivity index (χ0) is 19.1. The Labute approximate surface area is 185 Å². The zero-order valence-electron chi connectivity index (χ0n) is 17.0. The Hall–Kier alpha value is -1.35. The number of guanidine groups is 1. The topological polar surface area (TPSA) is 57.2 Å². The predicted octanol–water partition coefficient (Wildman–Crippen LogP) is 2.91. The molecule has 6 nitrogen and oxygen atoms in total. The maximum Gasteiger partial charge on any atom is 0.227 e. The van der Waals surface area contributed by atoms with Gasteiger partial charge in [-0.2, -0.15) is 0 Å². The monoisotopic (exact) mass is 500 g/mol. The highest BCUT2D eigenvalue weighted by atomic mass is 127. The summed E-state index contributed by atoms with van der Waals surface area (Å²) in [5.74, 6) is 1.74. The van der Waals surface area contributed by atoms with Gasteiger partial charge in [-0.05, 0) is 37.8 Å². The third kappa shape index (κ3) is 5.83. The lowest BCUT2D eigenvalue weighted by atomic mass is 10.1. The van der Waals surface area contributed by atoms with Crippen LogP contribution in [0.5, 0.6) is 0 Å². The Morgan fingerprint density at radius 3 is 2.93 bits per heavy atom. The van der Waals surface area contributed by atoms with Gasteiger partial charge in [0, 0.05) is 57.9 Å². The maximum absolute atomic E-state index is 12.6. The molecule has 156 valence electrons. The van der Waals surface area contributed by atoms with Crippen LogP contribution in [0.3, 0.4) is 0 Å². The van der Waals surface area contributed by atoms with Crippen molar-refractivity contribution in [2.24, 2.45) is 10.9 Å². The van der Waals surface area contributed by atoms with Crippen molar-refractivity contribution in [1.82, 2.24) is 10.2 Å². The molecule has 0 bridgehead atoms. The van der Waals surface area contributed by atoms with Gasteiger partial charge in [0.05, 0.1) is 6.61 Å². The van der Waals surface area contributed by atoms with Crippen LogP contribution >= 0.6 is 24.0 Å². The van der Waals surface area contributed by atoms with Crippen molar-refractivity contribution in [2.45, 2.75) is 32.6 Å². The number of aliphatic imine (C=N–C) groups is 1. The summed E-state index contributed by atoms with van der Waals surface area (Å²) in [6, 6.07) is 8.21. The second-order valence-electron chi connectivity index (χ2n) is 7.26. The molecule has 0 radical (unpaired) electrons. The molecule has 0 spiro atoms. The molecular formula is C21H33IN4O2. The minimum Gasteiger partial charge on any atom is -0.381 e. The van der Waals surface area contributed by atoms with Crippen molar-refractivity contribution in [3.8, 4) is 0 Å². The predicted molar refractivity (Wildman–Crippen MR) is 125 cm³/mol. The molecule has 0 aromatic heterocycles. The van der Waals surface area contributed by atoms with E-state index >= 15 is 0 Å². The first-order valence-corrected chi connectivity index (χ1v) is 10.1. The fourth-order valence-electron chi connectivity index (χ4n) is 3.95. The number of amides is 1. The van der Waals surface area contributed by atoms with Gasteiger partial charge < -0.3 is 19.9 Å². The first-order valence-electron chi connectivity index (χ1n) is 10.1. The number of hydrogen-bond acceptors (Lipinski definition) is 3. The van der Waals surface area contributed by atoms with Crippen molar-refractivity contribution in [3.63, 3.8) is 0 Å². The summed E-state index contributed by atoms with van der Waals surface area (Å²) >= 11 is 0. The molecule has 3 rings (SSSR count). The second kappa shape index (κ2) is 11.6. The number of rotatable bonds is 7. The summed E-state index contributed by atoms with van der Waals surface area (Å²) < 4.78 is 5.55. The van der Waals surface area contributed by atoms with E-state index in [1.165, 1.54) is 5.56 Å². The van der Waals surface area contributed by atoms with E-state index in [1.807, 2.05) is 37.1 Å². The lowest BCUT2D eigenvalue weighted by molar-refractivity contribution is -0.118. The van der Waals surface area contributed by atoms with Gasteiger partial charge in [-0.3, -0.25) is 9.79 Å². The van der Waals surface area contributed by atoms with Crippen LogP contribution in [0, 0.1) is 5.92 Å². The molecule has 2 aliphatic heterocycles. The summed E-state index contributed by atoms with van der Waals surface area (Å²) in [5.41, 5.74) is 2.36. The van der Waals surface area contributed by atoms with Gasteiger partial charge in [-0.25, -0.2) is 0 Å². The van der Waals surface area contributed by atoms with Crippen LogP contribution in [0.25, 0.3) is 0 Å². The SMILES string of the molecule is CCOCC1CCN(C(=NC)NCCCC(=O)N2CCc3ccccc32)C1.I. The number of para-hydroxylation sites is 1. The molecule has 1 saturated heterocycles. The Bertz CT molecular complexity index is 668. The molecule has 0 saturated carbocycles. The minimum absolute atomic E-state index is 0. The molecule has 28 heavy (non-hydrogen) atoms. The highest BCUT2D eigenvalue weighted by Gasteiger charge is 2.25. The zero-order valence-corrected chi connectivity index (χ0v) is 19.4. The van der Waals surface area contributed by atoms with Crippen LogP contribution in [0.1, 0.15) is 31.7 Å². The average Bonchev–Trinajstić information content (AvgIpc) is 3.33. The van der Waals surface area contributed by atoms with Crippen molar-refractivity contribution >= 4 is 41.5 Å². The first kappa shape index (κ1) is 22.9. The van der Waals surface area contributed by atoms with Crippen LogP contribution in [-0.2, 0) is 16.0 Å². The molecule has 1 aromatic carbocycles. The molecule has 1 aromatic rings. The van der Waals surface area contributed by atoms with E-state index in [-0.39, 0.29) is 29.9 Å². The van der Waals surface area contributed by atoms with Crippen LogP contribution < -0.4 is 10.2 Å². The normalized spacial score (nSPS) is 18.8. The number of carbonyl (C=O) groups excluding carboxylic acids is 1. The summed E-state index contributed by atoms with van der Waals surface area (Å²) in [6.07, 6.45) is 3.48. The number of nitrogens with one attached hydrogen (secondary N) is 1. The van der Waals surface area contributed by atoms with Crippen LogP contribution in [-0.4, -0.2) is 63.2 Å². The standard InChI is InChI=1S/C21H32N4O2.HI/c1-3-27-16-17-10-13-24(15-17)21(22-2)23-12-6-9-20(26)25-14-11-18-7-4-5-8-19(18)25;/h4-5,7-8,17H,3,6,9-16H2,1-2H3,(H,22,23);1H. The van der Waals surface area contributed by atoms with Crippen molar-refractivity contribution in [2.75, 3.05) is 51.3 Å². The number of anilines is 1. The van der Waals surface area contributed by atoms with Crippen molar-refractivity contribution in [3.05, 3.63) is 29.8 Å². The number of carbonyl (C=O) groups is 1. The molecule has 1 fully saturated rings. The van der Waals surface area contributed by atoms with E-state index in [9.17, 15) is 4.79 Å². The lowest BCUT2D eigenvalue weighted by Crippen LogP contribution is -2.41.